The zero-order chi connectivity index (χ0) is 27.7. The molecule has 0 aliphatic carbocycles. The van der Waals surface area contributed by atoms with Crippen LogP contribution in [0.4, 0.5) is 0 Å². The zero-order valence-corrected chi connectivity index (χ0v) is 22.4. The number of hydrogen-bond donors (Lipinski definition) is 2. The normalized spacial score (nSPS) is 19.6. The molecular formula is C29H32N3O7+. The number of Topliss-reactive ketones (excluding diaryl/α,β-unsaturated/α-hetero) is 1. The average Bonchev–Trinajstić information content (AvgIpc) is 3.65. The van der Waals surface area contributed by atoms with Gasteiger partial charge in [-0.15, -0.1) is 0 Å². The van der Waals surface area contributed by atoms with E-state index in [4.69, 9.17) is 18.9 Å². The quantitative estimate of drug-likeness (QED) is 0.188. The first-order chi connectivity index (χ1) is 18.9. The number of nitrogens with one attached hydrogen (secondary N) is 1. The second-order valence-electron chi connectivity index (χ2n) is 9.61. The first kappa shape index (κ1) is 26.1. The Morgan fingerprint density at radius 3 is 2.51 bits per heavy atom. The Hall–Kier alpha value is -4.47. The minimum Gasteiger partial charge on any atom is -0.507 e. The van der Waals surface area contributed by atoms with Gasteiger partial charge in [0.15, 0.2) is 11.5 Å². The van der Waals surface area contributed by atoms with Gasteiger partial charge in [-0.25, -0.2) is 4.57 Å². The molecule has 1 aromatic heterocycles. The molecule has 1 fully saturated rings. The number of H-pyrrole nitrogens is 1. The Kier molecular flexibility index (Phi) is 7.19. The Morgan fingerprint density at radius 2 is 1.87 bits per heavy atom. The monoisotopic (exact) mass is 534 g/mol. The van der Waals surface area contributed by atoms with Gasteiger partial charge in [0.05, 0.1) is 39.5 Å². The van der Waals surface area contributed by atoms with Gasteiger partial charge in [-0.1, -0.05) is 0 Å². The first-order valence-electron chi connectivity index (χ1n) is 12.8. The Balaban J connectivity index is 1.61. The molecule has 3 aromatic rings. The van der Waals surface area contributed by atoms with E-state index in [0.717, 1.165) is 11.3 Å². The average molecular weight is 535 g/mol. The van der Waals surface area contributed by atoms with Gasteiger partial charge in [0.25, 0.3) is 11.7 Å². The summed E-state index contributed by atoms with van der Waals surface area (Å²) in [6.07, 6.45) is 6.83. The molecule has 3 heterocycles. The number of rotatable bonds is 9. The van der Waals surface area contributed by atoms with Crippen LogP contribution < -0.4 is 23.5 Å². The lowest BCUT2D eigenvalue weighted by Gasteiger charge is -2.26. The lowest BCUT2D eigenvalue weighted by molar-refractivity contribution is -0.695. The van der Waals surface area contributed by atoms with Gasteiger partial charge in [0, 0.05) is 24.9 Å². The molecule has 0 saturated carbocycles. The fourth-order valence-electron chi connectivity index (χ4n) is 5.32. The number of aromatic amines is 1. The number of carbonyl (C=O) groups is 2. The van der Waals surface area contributed by atoms with E-state index in [1.807, 2.05) is 36.3 Å². The van der Waals surface area contributed by atoms with Gasteiger partial charge in [-0.05, 0) is 48.4 Å². The number of carbonyl (C=O) groups excluding carboxylic acids is 2. The molecule has 5 rings (SSSR count). The minimum atomic E-state index is -0.863. The van der Waals surface area contributed by atoms with Crippen molar-refractivity contribution in [1.82, 2.24) is 9.88 Å². The number of aryl methyl sites for hydroxylation is 1. The SMILES string of the molecule is COc1cc(C2C(=C(O)c3ccc4c(c3)CC(C)O4)C(=O)C(=O)N2CCC[n+]2cc[nH]c2)cc(OC)c1OC. The van der Waals surface area contributed by atoms with Crippen LogP contribution >= 0.6 is 0 Å². The number of ketones is 1. The van der Waals surface area contributed by atoms with Crippen LogP contribution in [0.3, 0.4) is 0 Å². The van der Waals surface area contributed by atoms with E-state index in [-0.39, 0.29) is 24.0 Å². The number of methoxy groups -OCH3 is 3. The number of aromatic nitrogens is 2. The predicted octanol–water partition coefficient (Wildman–Crippen LogP) is 3.16. The number of aliphatic hydroxyl groups excluding tert-OH is 1. The van der Waals surface area contributed by atoms with Gasteiger partial charge in [-0.2, -0.15) is 0 Å². The first-order valence-corrected chi connectivity index (χ1v) is 12.8. The lowest BCUT2D eigenvalue weighted by Crippen LogP contribution is -2.36. The fraction of sp³-hybridized carbons (Fsp3) is 0.345. The number of nitrogens with zero attached hydrogens (tertiary/aromatic N) is 2. The van der Waals surface area contributed by atoms with Crippen molar-refractivity contribution in [2.75, 3.05) is 27.9 Å². The smallest absolute Gasteiger partial charge is 0.295 e. The van der Waals surface area contributed by atoms with Crippen molar-refractivity contribution >= 4 is 17.4 Å². The number of aliphatic hydroxyl groups is 1. The van der Waals surface area contributed by atoms with E-state index in [1.165, 1.54) is 26.2 Å². The molecule has 39 heavy (non-hydrogen) atoms. The summed E-state index contributed by atoms with van der Waals surface area (Å²) in [6, 6.07) is 7.85. The third kappa shape index (κ3) is 4.78. The number of imidazole rings is 1. The van der Waals surface area contributed by atoms with Crippen LogP contribution in [-0.2, 0) is 22.6 Å². The molecular weight excluding hydrogens is 502 g/mol. The topological polar surface area (TPSA) is 114 Å². The van der Waals surface area contributed by atoms with Crippen LogP contribution in [0.25, 0.3) is 5.76 Å². The van der Waals surface area contributed by atoms with Gasteiger partial charge < -0.3 is 29.0 Å². The van der Waals surface area contributed by atoms with Crippen LogP contribution in [-0.4, -0.2) is 60.7 Å². The van der Waals surface area contributed by atoms with Crippen LogP contribution in [0, 0.1) is 0 Å². The molecule has 204 valence electrons. The van der Waals surface area contributed by atoms with Gasteiger partial charge in [-0.3, -0.25) is 14.6 Å². The molecule has 2 aliphatic rings. The highest BCUT2D eigenvalue weighted by molar-refractivity contribution is 6.46. The van der Waals surface area contributed by atoms with Crippen LogP contribution in [0.5, 0.6) is 23.0 Å². The maximum absolute atomic E-state index is 13.5. The third-order valence-electron chi connectivity index (χ3n) is 7.13. The summed E-state index contributed by atoms with van der Waals surface area (Å²) in [5, 5.41) is 11.5. The van der Waals surface area contributed by atoms with Crippen LogP contribution in [0.15, 0.2) is 54.6 Å². The van der Waals surface area contributed by atoms with Crippen molar-refractivity contribution in [3.05, 3.63) is 71.3 Å². The third-order valence-corrected chi connectivity index (χ3v) is 7.13. The number of ether oxygens (including phenoxy) is 4. The van der Waals surface area contributed by atoms with E-state index in [2.05, 4.69) is 4.98 Å². The molecule has 2 aromatic carbocycles. The summed E-state index contributed by atoms with van der Waals surface area (Å²) in [6.45, 7) is 2.90. The van der Waals surface area contributed by atoms with Crippen molar-refractivity contribution in [2.24, 2.45) is 0 Å². The number of hydrogen-bond acceptors (Lipinski definition) is 7. The molecule has 2 atom stereocenters. The highest BCUT2D eigenvalue weighted by Gasteiger charge is 2.46. The molecule has 2 N–H and O–H groups in total. The lowest BCUT2D eigenvalue weighted by atomic mass is 9.94. The fourth-order valence-corrected chi connectivity index (χ4v) is 5.32. The Bertz CT molecular complexity index is 1410. The van der Waals surface area contributed by atoms with Crippen molar-refractivity contribution in [1.29, 1.82) is 0 Å². The van der Waals surface area contributed by atoms with Crippen molar-refractivity contribution < 1.29 is 38.2 Å². The number of fused-ring (bicyclic) bond motifs is 1. The van der Waals surface area contributed by atoms with Crippen molar-refractivity contribution in [3.63, 3.8) is 0 Å². The van der Waals surface area contributed by atoms with Gasteiger partial charge >= 0.3 is 0 Å². The molecule has 2 aliphatic heterocycles. The highest BCUT2D eigenvalue weighted by atomic mass is 16.5. The summed E-state index contributed by atoms with van der Waals surface area (Å²) >= 11 is 0. The van der Waals surface area contributed by atoms with Gasteiger partial charge in [0.2, 0.25) is 12.1 Å². The molecule has 0 radical (unpaired) electrons. The second kappa shape index (κ2) is 10.7. The molecule has 1 amide bonds. The number of amides is 1. The maximum Gasteiger partial charge on any atom is 0.295 e. The molecule has 1 saturated heterocycles. The predicted molar refractivity (Wildman–Crippen MR) is 141 cm³/mol. The number of likely N-dealkylation sites (tertiary alicyclic amines) is 1. The molecule has 10 heteroatoms. The summed E-state index contributed by atoms with van der Waals surface area (Å²) in [5.41, 5.74) is 1.95. The van der Waals surface area contributed by atoms with Crippen molar-refractivity contribution in [2.45, 2.75) is 38.5 Å². The summed E-state index contributed by atoms with van der Waals surface area (Å²) in [7, 11) is 4.50. The minimum absolute atomic E-state index is 0.00971. The van der Waals surface area contributed by atoms with Crippen molar-refractivity contribution in [3.8, 4) is 23.0 Å². The highest BCUT2D eigenvalue weighted by Crippen LogP contribution is 2.46. The largest absolute Gasteiger partial charge is 0.507 e. The molecule has 0 bridgehead atoms. The van der Waals surface area contributed by atoms with E-state index in [9.17, 15) is 14.7 Å². The molecule has 10 nitrogen and oxygen atoms in total. The van der Waals surface area contributed by atoms with E-state index >= 15 is 0 Å². The Morgan fingerprint density at radius 1 is 1.13 bits per heavy atom. The standard InChI is InChI=1S/C29H31N3O7/c1-17-12-19-13-18(6-7-21(19)39-17)26(33)24-25(20-14-22(36-2)28(38-4)23(15-20)37-3)32(29(35)27(24)34)10-5-9-31-11-8-30-16-31/h6-8,11,13-17,25H,5,9-10,12H2,1-4H3,(H,33,34)/p+1. The van der Waals surface area contributed by atoms with E-state index in [0.29, 0.717) is 47.8 Å². The molecule has 2 unspecified atom stereocenters. The van der Waals surface area contributed by atoms with Crippen LogP contribution in [0.1, 0.15) is 36.1 Å². The summed E-state index contributed by atoms with van der Waals surface area (Å²) < 4.78 is 24.3. The number of benzene rings is 2. The summed E-state index contributed by atoms with van der Waals surface area (Å²) in [5.74, 6) is 0.239. The second-order valence-corrected chi connectivity index (χ2v) is 9.61. The van der Waals surface area contributed by atoms with Gasteiger partial charge in [0.1, 0.15) is 30.0 Å². The maximum atomic E-state index is 13.5. The van der Waals surface area contributed by atoms with Crippen LogP contribution in [0.2, 0.25) is 0 Å². The summed E-state index contributed by atoms with van der Waals surface area (Å²) in [4.78, 5) is 31.4. The Labute approximate surface area is 226 Å². The van der Waals surface area contributed by atoms with E-state index in [1.54, 1.807) is 24.3 Å². The van der Waals surface area contributed by atoms with E-state index < -0.39 is 17.7 Å². The zero-order valence-electron chi connectivity index (χ0n) is 22.4. The molecule has 0 spiro atoms.